The van der Waals surface area contributed by atoms with Gasteiger partial charge in [-0.15, -0.1) is 11.3 Å². The average Bonchev–Trinajstić information content (AvgIpc) is 3.32. The molecule has 1 saturated carbocycles. The lowest BCUT2D eigenvalue weighted by molar-refractivity contribution is -0.168. The quantitative estimate of drug-likeness (QED) is 0.405. The summed E-state index contributed by atoms with van der Waals surface area (Å²) >= 11 is 1.19. The molecule has 2 heterocycles. The maximum Gasteiger partial charge on any atom is 0.341 e. The van der Waals surface area contributed by atoms with Crippen LogP contribution >= 0.6 is 11.3 Å². The van der Waals surface area contributed by atoms with E-state index in [1.165, 1.54) is 11.3 Å². The maximum absolute atomic E-state index is 13.3. The number of piperidine rings is 1. The van der Waals surface area contributed by atoms with Crippen LogP contribution in [0.25, 0.3) is 11.1 Å². The summed E-state index contributed by atoms with van der Waals surface area (Å²) in [5, 5.41) is 4.84. The molecule has 1 aromatic carbocycles. The molecule has 1 aliphatic heterocycles. The van der Waals surface area contributed by atoms with Crippen molar-refractivity contribution in [3.63, 3.8) is 0 Å². The monoisotopic (exact) mass is 512 g/mol. The predicted molar refractivity (Wildman–Crippen MR) is 137 cm³/mol. The summed E-state index contributed by atoms with van der Waals surface area (Å²) in [6, 6.07) is 7.30. The van der Waals surface area contributed by atoms with Gasteiger partial charge < -0.3 is 14.8 Å². The number of esters is 1. The summed E-state index contributed by atoms with van der Waals surface area (Å²) in [6.45, 7) is 9.74. The van der Waals surface area contributed by atoms with Crippen molar-refractivity contribution in [1.29, 1.82) is 0 Å². The topological polar surface area (TPSA) is 102 Å². The Bertz CT molecular complexity index is 1200. The van der Waals surface area contributed by atoms with Gasteiger partial charge in [0, 0.05) is 16.9 Å². The number of ether oxygens (including phenoxy) is 2. The fourth-order valence-electron chi connectivity index (χ4n) is 5.33. The Morgan fingerprint density at radius 3 is 2.44 bits per heavy atom. The smallest absolute Gasteiger partial charge is 0.341 e. The van der Waals surface area contributed by atoms with Crippen LogP contribution in [-0.4, -0.2) is 48.3 Å². The van der Waals surface area contributed by atoms with E-state index in [2.05, 4.69) is 5.32 Å². The third kappa shape index (κ3) is 4.19. The van der Waals surface area contributed by atoms with Crippen molar-refractivity contribution in [3.8, 4) is 16.9 Å². The van der Waals surface area contributed by atoms with Crippen LogP contribution in [0.5, 0.6) is 5.75 Å². The van der Waals surface area contributed by atoms with Gasteiger partial charge in [0.15, 0.2) is 0 Å². The van der Waals surface area contributed by atoms with Crippen LogP contribution < -0.4 is 10.1 Å². The standard InChI is InChI=1S/C27H32N2O6S/c1-6-34-17-10-8-16(9-11-17)18-15-36-22(21(18)24(32)35-7-2)28-20(30)14-29-23(31)19-12-13-27(5,25(29)33)26(19,3)4/h8-11,15,19H,6-7,12-14H2,1-5H3,(H,28,30). The zero-order chi connectivity index (χ0) is 26.3. The molecule has 2 unspecified atom stereocenters. The molecule has 0 spiro atoms. The molecule has 2 atom stereocenters. The van der Waals surface area contributed by atoms with Crippen molar-refractivity contribution in [2.75, 3.05) is 25.1 Å². The number of nitrogens with zero attached hydrogens (tertiary/aromatic N) is 1. The number of carbonyl (C=O) groups is 4. The minimum absolute atomic E-state index is 0.178. The largest absolute Gasteiger partial charge is 0.494 e. The van der Waals surface area contributed by atoms with E-state index in [1.54, 1.807) is 12.3 Å². The molecule has 1 saturated heterocycles. The highest BCUT2D eigenvalue weighted by atomic mass is 32.1. The zero-order valence-electron chi connectivity index (χ0n) is 21.3. The van der Waals surface area contributed by atoms with Gasteiger partial charge in [0.1, 0.15) is 22.9 Å². The summed E-state index contributed by atoms with van der Waals surface area (Å²) < 4.78 is 10.8. The van der Waals surface area contributed by atoms with E-state index < -0.39 is 29.3 Å². The Labute approximate surface area is 215 Å². The van der Waals surface area contributed by atoms with Crippen LogP contribution in [0.1, 0.15) is 57.8 Å². The fraction of sp³-hybridized carbons (Fsp3) is 0.481. The first kappa shape index (κ1) is 25.9. The van der Waals surface area contributed by atoms with E-state index in [0.717, 1.165) is 10.5 Å². The number of carbonyl (C=O) groups excluding carboxylic acids is 4. The molecule has 3 amide bonds. The van der Waals surface area contributed by atoms with Crippen molar-refractivity contribution in [2.45, 2.75) is 47.5 Å². The number of likely N-dealkylation sites (tertiary alicyclic amines) is 1. The lowest BCUT2D eigenvalue weighted by atomic mass is 9.62. The molecule has 0 radical (unpaired) electrons. The summed E-state index contributed by atoms with van der Waals surface area (Å²) in [5.74, 6) is -1.30. The van der Waals surface area contributed by atoms with E-state index in [0.29, 0.717) is 35.8 Å². The molecule has 8 nitrogen and oxygen atoms in total. The maximum atomic E-state index is 13.3. The molecule has 1 N–H and O–H groups in total. The van der Waals surface area contributed by atoms with Crippen molar-refractivity contribution in [3.05, 3.63) is 35.2 Å². The van der Waals surface area contributed by atoms with Gasteiger partial charge >= 0.3 is 5.97 Å². The lowest BCUT2D eigenvalue weighted by Crippen LogP contribution is -2.60. The minimum Gasteiger partial charge on any atom is -0.494 e. The van der Waals surface area contributed by atoms with Crippen molar-refractivity contribution < 1.29 is 28.7 Å². The predicted octanol–water partition coefficient (Wildman–Crippen LogP) is 4.74. The van der Waals surface area contributed by atoms with E-state index >= 15 is 0 Å². The highest BCUT2D eigenvalue weighted by molar-refractivity contribution is 7.15. The van der Waals surface area contributed by atoms with Gasteiger partial charge in [0.05, 0.1) is 18.6 Å². The molecule has 2 aliphatic rings. The van der Waals surface area contributed by atoms with Gasteiger partial charge in [-0.3, -0.25) is 19.3 Å². The van der Waals surface area contributed by atoms with Gasteiger partial charge in [-0.25, -0.2) is 4.79 Å². The normalized spacial score (nSPS) is 22.5. The molecule has 1 aliphatic carbocycles. The zero-order valence-corrected chi connectivity index (χ0v) is 22.1. The number of benzene rings is 1. The number of rotatable bonds is 8. The Morgan fingerprint density at radius 1 is 1.11 bits per heavy atom. The first-order chi connectivity index (χ1) is 17.0. The molecule has 1 aromatic heterocycles. The van der Waals surface area contributed by atoms with E-state index in [1.807, 2.05) is 52.0 Å². The number of amides is 3. The molecule has 9 heteroatoms. The molecule has 2 bridgehead atoms. The van der Waals surface area contributed by atoms with Crippen LogP contribution in [0.3, 0.4) is 0 Å². The van der Waals surface area contributed by atoms with Crippen LogP contribution in [0.2, 0.25) is 0 Å². The van der Waals surface area contributed by atoms with E-state index in [9.17, 15) is 19.2 Å². The van der Waals surface area contributed by atoms with Crippen molar-refractivity contribution in [2.24, 2.45) is 16.7 Å². The number of anilines is 1. The second-order valence-electron chi connectivity index (χ2n) is 9.95. The molecule has 4 rings (SSSR count). The molecule has 192 valence electrons. The molecule has 36 heavy (non-hydrogen) atoms. The Kier molecular flexibility index (Phi) is 6.96. The summed E-state index contributed by atoms with van der Waals surface area (Å²) in [5.41, 5.74) is 0.488. The number of hydrogen-bond donors (Lipinski definition) is 1. The van der Waals surface area contributed by atoms with Gasteiger partial charge in [0.2, 0.25) is 17.7 Å². The second kappa shape index (κ2) is 9.69. The Hall–Kier alpha value is -3.20. The number of hydrogen-bond acceptors (Lipinski definition) is 7. The van der Waals surface area contributed by atoms with Crippen LogP contribution in [0, 0.1) is 16.7 Å². The average molecular weight is 513 g/mol. The first-order valence-electron chi connectivity index (χ1n) is 12.2. The number of nitrogens with one attached hydrogen (secondary N) is 1. The number of fused-ring (bicyclic) bond motifs is 2. The summed E-state index contributed by atoms with van der Waals surface area (Å²) in [6.07, 6.45) is 1.26. The van der Waals surface area contributed by atoms with Crippen molar-refractivity contribution in [1.82, 2.24) is 4.90 Å². The highest BCUT2D eigenvalue weighted by Gasteiger charge is 2.64. The van der Waals surface area contributed by atoms with Crippen molar-refractivity contribution >= 4 is 40.0 Å². The second-order valence-corrected chi connectivity index (χ2v) is 10.8. The number of thiophene rings is 1. The molecular weight excluding hydrogens is 480 g/mol. The molecular formula is C27H32N2O6S. The van der Waals surface area contributed by atoms with Gasteiger partial charge in [-0.2, -0.15) is 0 Å². The van der Waals surface area contributed by atoms with E-state index in [-0.39, 0.29) is 29.9 Å². The van der Waals surface area contributed by atoms with Gasteiger partial charge in [-0.05, 0) is 49.8 Å². The van der Waals surface area contributed by atoms with Crippen LogP contribution in [0.4, 0.5) is 5.00 Å². The Morgan fingerprint density at radius 2 is 1.81 bits per heavy atom. The lowest BCUT2D eigenvalue weighted by Gasteiger charge is -2.47. The minimum atomic E-state index is -0.689. The Balaban J connectivity index is 1.58. The van der Waals surface area contributed by atoms with Gasteiger partial charge in [0.25, 0.3) is 0 Å². The summed E-state index contributed by atoms with van der Waals surface area (Å²) in [7, 11) is 0. The first-order valence-corrected chi connectivity index (χ1v) is 13.1. The summed E-state index contributed by atoms with van der Waals surface area (Å²) in [4.78, 5) is 53.4. The van der Waals surface area contributed by atoms with Crippen LogP contribution in [0.15, 0.2) is 29.6 Å². The molecule has 2 fully saturated rings. The van der Waals surface area contributed by atoms with E-state index in [4.69, 9.17) is 9.47 Å². The highest BCUT2D eigenvalue weighted by Crippen LogP contribution is 2.60. The number of imide groups is 1. The van der Waals surface area contributed by atoms with Gasteiger partial charge in [-0.1, -0.05) is 32.9 Å². The fourth-order valence-corrected chi connectivity index (χ4v) is 6.30. The SMILES string of the molecule is CCOC(=O)c1c(-c2ccc(OCC)cc2)csc1NC(=O)CN1C(=O)C2CCC(C)(C1=O)C2(C)C. The van der Waals surface area contributed by atoms with Crippen LogP contribution in [-0.2, 0) is 19.1 Å². The molecule has 2 aromatic rings. The third-order valence-corrected chi connectivity index (χ3v) is 8.70. The third-order valence-electron chi connectivity index (χ3n) is 7.81.